The lowest BCUT2D eigenvalue weighted by atomic mass is 9.63. The van der Waals surface area contributed by atoms with Crippen LogP contribution in [-0.2, 0) is 14.9 Å². The number of amides is 1. The van der Waals surface area contributed by atoms with Gasteiger partial charge < -0.3 is 30.5 Å². The van der Waals surface area contributed by atoms with Gasteiger partial charge in [-0.1, -0.05) is 11.6 Å². The maximum absolute atomic E-state index is 13.4. The molecule has 0 radical (unpaired) electrons. The van der Waals surface area contributed by atoms with E-state index in [1.807, 2.05) is 11.0 Å². The zero-order valence-electron chi connectivity index (χ0n) is 17.9. The Morgan fingerprint density at radius 2 is 1.94 bits per heavy atom. The number of fused-ring (bicyclic) bond motifs is 2. The molecule has 3 atom stereocenters. The molecular formula is C23H30N2O6. The second-order valence-electron chi connectivity index (χ2n) is 8.66. The SMILES string of the molecule is COc1cc2c(cc1OC)[C@@]13CCNCC4=CCOC5CC(=O)N2C1=C5[C@@H]4CC3.O.O. The molecule has 0 fully saturated rings. The van der Waals surface area contributed by atoms with Crippen molar-refractivity contribution in [2.24, 2.45) is 5.92 Å². The highest BCUT2D eigenvalue weighted by Gasteiger charge is 2.57. The molecular weight excluding hydrogens is 400 g/mol. The Labute approximate surface area is 181 Å². The maximum atomic E-state index is 13.4. The van der Waals surface area contributed by atoms with Gasteiger partial charge in [0, 0.05) is 29.6 Å². The Morgan fingerprint density at radius 1 is 1.16 bits per heavy atom. The number of ether oxygens (including phenoxy) is 3. The first-order valence-corrected chi connectivity index (χ1v) is 10.5. The topological polar surface area (TPSA) is 123 Å². The van der Waals surface area contributed by atoms with Crippen molar-refractivity contribution in [1.29, 1.82) is 0 Å². The summed E-state index contributed by atoms with van der Waals surface area (Å²) in [5.74, 6) is 1.88. The number of allylic oxidation sites excluding steroid dienone is 1. The molecule has 1 aromatic carbocycles. The standard InChI is InChI=1S/C23H26N2O4.2H2O/c1-27-17-9-15-16(10-18(17)28-2)25-20(26)11-19-21-14-3-5-23(15,22(21)25)6-7-24-12-13(14)4-8-29-19;;/h4,9-10,14,19,24H,3,5-8,11-12H2,1-2H3;2*1H2/t14-,19?,23-;;/m1../s1. The van der Waals surface area contributed by atoms with Crippen molar-refractivity contribution in [2.45, 2.75) is 37.2 Å². The second-order valence-corrected chi connectivity index (χ2v) is 8.66. The van der Waals surface area contributed by atoms with Crippen LogP contribution in [-0.4, -0.2) is 56.9 Å². The molecule has 0 spiro atoms. The molecule has 6 rings (SSSR count). The van der Waals surface area contributed by atoms with Crippen LogP contribution >= 0.6 is 0 Å². The summed E-state index contributed by atoms with van der Waals surface area (Å²) >= 11 is 0. The van der Waals surface area contributed by atoms with E-state index < -0.39 is 0 Å². The fraction of sp³-hybridized carbons (Fsp3) is 0.522. The van der Waals surface area contributed by atoms with E-state index in [9.17, 15) is 4.79 Å². The average molecular weight is 431 g/mol. The van der Waals surface area contributed by atoms with Gasteiger partial charge in [0.2, 0.25) is 5.91 Å². The van der Waals surface area contributed by atoms with E-state index in [0.29, 0.717) is 24.7 Å². The third-order valence-electron chi connectivity index (χ3n) is 7.55. The van der Waals surface area contributed by atoms with Crippen LogP contribution in [0.1, 0.15) is 31.2 Å². The van der Waals surface area contributed by atoms with Crippen LogP contribution in [0.5, 0.6) is 11.5 Å². The summed E-state index contributed by atoms with van der Waals surface area (Å²) in [5.41, 5.74) is 5.94. The summed E-state index contributed by atoms with van der Waals surface area (Å²) in [6, 6.07) is 4.09. The highest BCUT2D eigenvalue weighted by molar-refractivity contribution is 6.03. The zero-order chi connectivity index (χ0) is 19.8. The lowest BCUT2D eigenvalue weighted by Gasteiger charge is -2.45. The predicted molar refractivity (Wildman–Crippen MR) is 116 cm³/mol. The molecule has 0 aromatic heterocycles. The number of anilines is 1. The molecule has 1 aromatic rings. The van der Waals surface area contributed by atoms with Gasteiger partial charge in [0.15, 0.2) is 11.5 Å². The molecule has 4 aliphatic heterocycles. The molecule has 0 saturated carbocycles. The number of carbonyl (C=O) groups is 1. The summed E-state index contributed by atoms with van der Waals surface area (Å²) in [4.78, 5) is 15.4. The Balaban J connectivity index is 0.00000116. The lowest BCUT2D eigenvalue weighted by molar-refractivity contribution is -0.121. The van der Waals surface area contributed by atoms with Crippen LogP contribution in [0.4, 0.5) is 5.69 Å². The van der Waals surface area contributed by atoms with Gasteiger partial charge in [-0.25, -0.2) is 0 Å². The van der Waals surface area contributed by atoms with E-state index >= 15 is 0 Å². The quantitative estimate of drug-likeness (QED) is 0.702. The molecule has 5 aliphatic rings. The number of carbonyl (C=O) groups excluding carboxylic acids is 1. The van der Waals surface area contributed by atoms with Gasteiger partial charge in [-0.2, -0.15) is 0 Å². The fourth-order valence-electron chi connectivity index (χ4n) is 6.32. The largest absolute Gasteiger partial charge is 0.493 e. The van der Waals surface area contributed by atoms with Gasteiger partial charge in [-0.3, -0.25) is 9.69 Å². The fourth-order valence-corrected chi connectivity index (χ4v) is 6.32. The molecule has 0 saturated heterocycles. The smallest absolute Gasteiger partial charge is 0.234 e. The van der Waals surface area contributed by atoms with Gasteiger partial charge in [0.1, 0.15) is 0 Å². The van der Waals surface area contributed by atoms with Crippen molar-refractivity contribution >= 4 is 11.6 Å². The number of hydrogen-bond acceptors (Lipinski definition) is 5. The monoisotopic (exact) mass is 430 g/mol. The van der Waals surface area contributed by atoms with Crippen molar-refractivity contribution in [3.05, 3.63) is 40.6 Å². The first-order valence-electron chi connectivity index (χ1n) is 10.5. The van der Waals surface area contributed by atoms with Gasteiger partial charge in [0.25, 0.3) is 0 Å². The minimum absolute atomic E-state index is 0. The van der Waals surface area contributed by atoms with Crippen LogP contribution in [0.3, 0.4) is 0 Å². The average Bonchev–Trinajstić information content (AvgIpc) is 2.98. The number of nitrogens with zero attached hydrogens (tertiary/aromatic N) is 1. The number of rotatable bonds is 2. The first-order chi connectivity index (χ1) is 14.2. The molecule has 31 heavy (non-hydrogen) atoms. The van der Waals surface area contributed by atoms with Crippen molar-refractivity contribution in [3.8, 4) is 11.5 Å². The van der Waals surface area contributed by atoms with E-state index in [4.69, 9.17) is 14.2 Å². The third kappa shape index (κ3) is 2.72. The van der Waals surface area contributed by atoms with Crippen LogP contribution in [0.15, 0.2) is 35.1 Å². The number of methoxy groups -OCH3 is 2. The Hall–Kier alpha value is -2.39. The Morgan fingerprint density at radius 3 is 2.71 bits per heavy atom. The van der Waals surface area contributed by atoms with Crippen molar-refractivity contribution in [1.82, 2.24) is 5.32 Å². The van der Waals surface area contributed by atoms with Crippen molar-refractivity contribution in [2.75, 3.05) is 38.8 Å². The summed E-state index contributed by atoms with van der Waals surface area (Å²) < 4.78 is 17.4. The van der Waals surface area contributed by atoms with Crippen LogP contribution in [0, 0.1) is 5.92 Å². The number of hydrogen-bond donors (Lipinski definition) is 1. The van der Waals surface area contributed by atoms with Gasteiger partial charge >= 0.3 is 0 Å². The summed E-state index contributed by atoms with van der Waals surface area (Å²) in [6.45, 7) is 2.41. The Kier molecular flexibility index (Phi) is 5.37. The van der Waals surface area contributed by atoms with Crippen LogP contribution < -0.4 is 19.7 Å². The minimum Gasteiger partial charge on any atom is -0.493 e. The summed E-state index contributed by atoms with van der Waals surface area (Å²) in [6.07, 6.45) is 5.64. The number of nitrogens with one attached hydrogen (secondary N) is 1. The van der Waals surface area contributed by atoms with Crippen LogP contribution in [0.2, 0.25) is 0 Å². The highest BCUT2D eigenvalue weighted by atomic mass is 16.5. The molecule has 1 amide bonds. The molecule has 168 valence electrons. The molecule has 8 nitrogen and oxygen atoms in total. The van der Waals surface area contributed by atoms with E-state index in [0.717, 1.165) is 43.8 Å². The normalized spacial score (nSPS) is 30.1. The summed E-state index contributed by atoms with van der Waals surface area (Å²) in [5, 5.41) is 3.65. The van der Waals surface area contributed by atoms with Gasteiger partial charge in [0.05, 0.1) is 39.0 Å². The molecule has 5 N–H and O–H groups in total. The summed E-state index contributed by atoms with van der Waals surface area (Å²) in [7, 11) is 3.32. The van der Waals surface area contributed by atoms with Crippen molar-refractivity contribution in [3.63, 3.8) is 0 Å². The highest BCUT2D eigenvalue weighted by Crippen LogP contribution is 2.62. The van der Waals surface area contributed by atoms with E-state index in [1.54, 1.807) is 14.2 Å². The zero-order valence-corrected chi connectivity index (χ0v) is 17.9. The third-order valence-corrected chi connectivity index (χ3v) is 7.55. The Bertz CT molecular complexity index is 987. The number of benzene rings is 1. The molecule has 1 aliphatic carbocycles. The van der Waals surface area contributed by atoms with E-state index in [1.165, 1.54) is 22.4 Å². The lowest BCUT2D eigenvalue weighted by Crippen LogP contribution is -2.47. The maximum Gasteiger partial charge on any atom is 0.234 e. The molecule has 4 bridgehead atoms. The minimum atomic E-state index is -0.175. The molecule has 4 heterocycles. The van der Waals surface area contributed by atoms with E-state index in [-0.39, 0.29) is 28.4 Å². The molecule has 8 heteroatoms. The van der Waals surface area contributed by atoms with E-state index in [2.05, 4.69) is 17.5 Å². The van der Waals surface area contributed by atoms with Gasteiger partial charge in [-0.15, -0.1) is 0 Å². The van der Waals surface area contributed by atoms with Gasteiger partial charge in [-0.05, 0) is 43.0 Å². The second kappa shape index (κ2) is 7.63. The predicted octanol–water partition coefficient (Wildman–Crippen LogP) is 1.03. The molecule has 1 unspecified atom stereocenters. The first kappa shape index (κ1) is 21.8. The van der Waals surface area contributed by atoms with Crippen molar-refractivity contribution < 1.29 is 30.0 Å². The van der Waals surface area contributed by atoms with Crippen LogP contribution in [0.25, 0.3) is 0 Å².